The molecular weight excluding hydrogens is 215 g/mol. The van der Waals surface area contributed by atoms with Crippen molar-refractivity contribution in [1.29, 1.82) is 0 Å². The van der Waals surface area contributed by atoms with E-state index in [2.05, 4.69) is 25.0 Å². The van der Waals surface area contributed by atoms with E-state index in [0.29, 0.717) is 5.82 Å². The van der Waals surface area contributed by atoms with Gasteiger partial charge in [-0.05, 0) is 12.1 Å². The Morgan fingerprint density at radius 2 is 2.31 bits per heavy atom. The largest absolute Gasteiger partial charge is 0.345 e. The summed E-state index contributed by atoms with van der Waals surface area (Å²) in [6.45, 7) is 0.146. The van der Waals surface area contributed by atoms with Crippen LogP contribution in [0.3, 0.4) is 0 Å². The first-order valence-electron chi connectivity index (χ1n) is 4.41. The van der Waals surface area contributed by atoms with E-state index in [1.54, 1.807) is 0 Å². The summed E-state index contributed by atoms with van der Waals surface area (Å²) in [5, 5.41) is 6.05. The smallest absolute Gasteiger partial charge is 0.253 e. The van der Waals surface area contributed by atoms with Gasteiger partial charge in [-0.25, -0.2) is 4.98 Å². The number of amides is 1. The molecule has 1 N–H and O–H groups in total. The Hall–Kier alpha value is -2.31. The molecule has 82 valence electrons. The lowest BCUT2D eigenvalue weighted by atomic mass is 10.2. The van der Waals surface area contributed by atoms with Crippen molar-refractivity contribution in [2.75, 3.05) is 0 Å². The van der Waals surface area contributed by atoms with Gasteiger partial charge in [0.1, 0.15) is 0 Å². The number of rotatable bonds is 3. The molecule has 0 aliphatic heterocycles. The van der Waals surface area contributed by atoms with E-state index < -0.39 is 5.95 Å². The Labute approximate surface area is 89.5 Å². The molecule has 0 fully saturated rings. The summed E-state index contributed by atoms with van der Waals surface area (Å²) in [4.78, 5) is 18.6. The van der Waals surface area contributed by atoms with Crippen molar-refractivity contribution in [2.45, 2.75) is 6.54 Å². The predicted octanol–water partition coefficient (Wildman–Crippen LogP) is 0.534. The highest BCUT2D eigenvalue weighted by Gasteiger charge is 2.07. The van der Waals surface area contributed by atoms with Crippen LogP contribution in [0, 0.1) is 5.95 Å². The van der Waals surface area contributed by atoms with Crippen LogP contribution in [0.25, 0.3) is 0 Å². The van der Waals surface area contributed by atoms with Gasteiger partial charge in [0, 0.05) is 6.20 Å². The predicted molar refractivity (Wildman–Crippen MR) is 49.7 cm³/mol. The van der Waals surface area contributed by atoms with Crippen LogP contribution in [0.1, 0.15) is 16.2 Å². The summed E-state index contributed by atoms with van der Waals surface area (Å²) >= 11 is 0. The fourth-order valence-corrected chi connectivity index (χ4v) is 1.04. The molecule has 0 saturated heterocycles. The van der Waals surface area contributed by atoms with Crippen molar-refractivity contribution in [1.82, 2.24) is 20.4 Å². The first kappa shape index (κ1) is 10.2. The van der Waals surface area contributed by atoms with Gasteiger partial charge in [-0.3, -0.25) is 4.79 Å². The molecule has 0 spiro atoms. The van der Waals surface area contributed by atoms with Crippen LogP contribution in [-0.4, -0.2) is 21.0 Å². The molecule has 0 saturated carbocycles. The van der Waals surface area contributed by atoms with Gasteiger partial charge < -0.3 is 9.84 Å². The zero-order valence-electron chi connectivity index (χ0n) is 8.05. The van der Waals surface area contributed by atoms with Gasteiger partial charge in [-0.15, -0.1) is 0 Å². The van der Waals surface area contributed by atoms with Crippen LogP contribution in [0.5, 0.6) is 0 Å². The first-order chi connectivity index (χ1) is 7.75. The Morgan fingerprint density at radius 1 is 1.44 bits per heavy atom. The quantitative estimate of drug-likeness (QED) is 0.766. The van der Waals surface area contributed by atoms with Gasteiger partial charge in [-0.1, -0.05) is 5.16 Å². The normalized spacial score (nSPS) is 10.1. The highest BCUT2D eigenvalue weighted by molar-refractivity contribution is 5.93. The maximum atomic E-state index is 12.5. The van der Waals surface area contributed by atoms with Crippen LogP contribution >= 0.6 is 0 Å². The molecule has 1 amide bonds. The third-order valence-corrected chi connectivity index (χ3v) is 1.80. The van der Waals surface area contributed by atoms with Crippen LogP contribution in [0.15, 0.2) is 29.2 Å². The number of nitrogens with one attached hydrogen (secondary N) is 1. The zero-order valence-corrected chi connectivity index (χ0v) is 8.05. The van der Waals surface area contributed by atoms with E-state index in [9.17, 15) is 9.18 Å². The fourth-order valence-electron chi connectivity index (χ4n) is 1.04. The summed E-state index contributed by atoms with van der Waals surface area (Å²) < 4.78 is 17.0. The number of nitrogens with zero attached hydrogens (tertiary/aromatic N) is 3. The van der Waals surface area contributed by atoms with Crippen LogP contribution in [0.2, 0.25) is 0 Å². The van der Waals surface area contributed by atoms with Crippen molar-refractivity contribution in [3.63, 3.8) is 0 Å². The van der Waals surface area contributed by atoms with Crippen molar-refractivity contribution in [2.24, 2.45) is 0 Å². The molecule has 0 atom stereocenters. The number of aromatic nitrogens is 3. The lowest BCUT2D eigenvalue weighted by molar-refractivity contribution is 0.0949. The number of hydrogen-bond donors (Lipinski definition) is 1. The van der Waals surface area contributed by atoms with E-state index in [1.165, 1.54) is 12.5 Å². The standard InChI is InChI=1S/C9H7FN4O2/c10-7-2-1-6(3-11-7)9(15)12-4-8-13-5-16-14-8/h1-3,5H,4H2,(H,12,15). The van der Waals surface area contributed by atoms with Crippen LogP contribution < -0.4 is 5.32 Å². The molecule has 0 radical (unpaired) electrons. The summed E-state index contributed by atoms with van der Waals surface area (Å²) in [6, 6.07) is 2.46. The maximum absolute atomic E-state index is 12.5. The number of hydrogen-bond acceptors (Lipinski definition) is 5. The summed E-state index contributed by atoms with van der Waals surface area (Å²) in [6.07, 6.45) is 2.32. The Kier molecular flexibility index (Phi) is 2.86. The summed E-state index contributed by atoms with van der Waals surface area (Å²) in [5.74, 6) is -0.643. The van der Waals surface area contributed by atoms with Crippen molar-refractivity contribution >= 4 is 5.91 Å². The molecule has 2 heterocycles. The summed E-state index contributed by atoms with van der Waals surface area (Å²) in [7, 11) is 0. The minimum atomic E-state index is -0.630. The monoisotopic (exact) mass is 222 g/mol. The SMILES string of the molecule is O=C(NCc1ncon1)c1ccc(F)nc1. The van der Waals surface area contributed by atoms with E-state index in [-0.39, 0.29) is 18.0 Å². The lowest BCUT2D eigenvalue weighted by Gasteiger charge is -2.01. The van der Waals surface area contributed by atoms with Crippen molar-refractivity contribution in [3.05, 3.63) is 42.1 Å². The van der Waals surface area contributed by atoms with Crippen LogP contribution in [0.4, 0.5) is 4.39 Å². The minimum Gasteiger partial charge on any atom is -0.345 e. The Morgan fingerprint density at radius 3 is 2.94 bits per heavy atom. The van der Waals surface area contributed by atoms with E-state index in [4.69, 9.17) is 0 Å². The zero-order chi connectivity index (χ0) is 11.4. The number of pyridine rings is 1. The van der Waals surface area contributed by atoms with Gasteiger partial charge in [0.25, 0.3) is 5.91 Å². The molecule has 2 rings (SSSR count). The van der Waals surface area contributed by atoms with Gasteiger partial charge >= 0.3 is 0 Å². The Balaban J connectivity index is 1.95. The van der Waals surface area contributed by atoms with Crippen LogP contribution in [-0.2, 0) is 6.54 Å². The average Bonchev–Trinajstić information content (AvgIpc) is 2.80. The summed E-state index contributed by atoms with van der Waals surface area (Å²) in [5.41, 5.74) is 0.268. The third-order valence-electron chi connectivity index (χ3n) is 1.80. The third kappa shape index (κ3) is 2.38. The van der Waals surface area contributed by atoms with E-state index in [0.717, 1.165) is 12.3 Å². The molecule has 6 nitrogen and oxygen atoms in total. The van der Waals surface area contributed by atoms with Crippen molar-refractivity contribution in [3.8, 4) is 0 Å². The molecule has 0 unspecified atom stereocenters. The second-order valence-electron chi connectivity index (χ2n) is 2.90. The van der Waals surface area contributed by atoms with E-state index >= 15 is 0 Å². The van der Waals surface area contributed by atoms with Gasteiger partial charge in [0.15, 0.2) is 5.82 Å². The molecule has 0 bridgehead atoms. The molecule has 2 aromatic heterocycles. The highest BCUT2D eigenvalue weighted by Crippen LogP contribution is 1.99. The number of carbonyl (C=O) groups is 1. The maximum Gasteiger partial charge on any atom is 0.253 e. The topological polar surface area (TPSA) is 80.9 Å². The number of halogens is 1. The number of carbonyl (C=O) groups excluding carboxylic acids is 1. The molecule has 7 heteroatoms. The first-order valence-corrected chi connectivity index (χ1v) is 4.41. The van der Waals surface area contributed by atoms with Gasteiger partial charge in [0.05, 0.1) is 12.1 Å². The van der Waals surface area contributed by atoms with E-state index in [1.807, 2.05) is 0 Å². The van der Waals surface area contributed by atoms with Crippen molar-refractivity contribution < 1.29 is 13.7 Å². The second-order valence-corrected chi connectivity index (χ2v) is 2.90. The highest BCUT2D eigenvalue weighted by atomic mass is 19.1. The Bertz CT molecular complexity index is 469. The average molecular weight is 222 g/mol. The molecular formula is C9H7FN4O2. The molecule has 2 aromatic rings. The second kappa shape index (κ2) is 4.47. The fraction of sp³-hybridized carbons (Fsp3) is 0.111. The minimum absolute atomic E-state index is 0.146. The van der Waals surface area contributed by atoms with Gasteiger partial charge in [0.2, 0.25) is 12.3 Å². The molecule has 0 aliphatic carbocycles. The molecule has 0 aromatic carbocycles. The molecule has 0 aliphatic rings. The van der Waals surface area contributed by atoms with Gasteiger partial charge in [-0.2, -0.15) is 9.37 Å². The lowest BCUT2D eigenvalue weighted by Crippen LogP contribution is -2.23. The molecule has 16 heavy (non-hydrogen) atoms.